The minimum absolute atomic E-state index is 0.218. The van der Waals surface area contributed by atoms with Gasteiger partial charge in [0.15, 0.2) is 11.5 Å². The molecule has 0 aliphatic rings. The van der Waals surface area contributed by atoms with Gasteiger partial charge in [-0.1, -0.05) is 23.7 Å². The highest BCUT2D eigenvalue weighted by Gasteiger charge is 2.22. The number of halogens is 2. The SMILES string of the molecule is CCOC(=O)c1c(-c2ccc(Cl)cc2)csc1NC(=O)/C=C/c1cc(Br)c(OC)c(OC)c1. The monoisotopic (exact) mass is 549 g/mol. The van der Waals surface area contributed by atoms with Crippen LogP contribution in [0.5, 0.6) is 11.5 Å². The lowest BCUT2D eigenvalue weighted by molar-refractivity contribution is -0.111. The predicted molar refractivity (Wildman–Crippen MR) is 136 cm³/mol. The average Bonchev–Trinajstić information content (AvgIpc) is 3.21. The maximum Gasteiger partial charge on any atom is 0.341 e. The van der Waals surface area contributed by atoms with E-state index >= 15 is 0 Å². The smallest absolute Gasteiger partial charge is 0.341 e. The molecule has 33 heavy (non-hydrogen) atoms. The standard InChI is InChI=1S/C24H21BrClNO5S/c1-4-32-24(29)21-17(15-6-8-16(26)9-7-15)13-33-23(21)27-20(28)10-5-14-11-18(25)22(31-3)19(12-14)30-2/h5-13H,4H2,1-3H3,(H,27,28)/b10-5+. The predicted octanol–water partition coefficient (Wildman–Crippen LogP) is 6.68. The van der Waals surface area contributed by atoms with Gasteiger partial charge in [-0.2, -0.15) is 0 Å². The van der Waals surface area contributed by atoms with Crippen LogP contribution in [-0.2, 0) is 9.53 Å². The van der Waals surface area contributed by atoms with Gasteiger partial charge in [0.2, 0.25) is 5.91 Å². The van der Waals surface area contributed by atoms with E-state index in [4.69, 9.17) is 25.8 Å². The number of anilines is 1. The molecule has 6 nitrogen and oxygen atoms in total. The summed E-state index contributed by atoms with van der Waals surface area (Å²) in [6.45, 7) is 1.95. The van der Waals surface area contributed by atoms with Crippen LogP contribution in [0.4, 0.5) is 5.00 Å². The van der Waals surface area contributed by atoms with Gasteiger partial charge >= 0.3 is 5.97 Å². The summed E-state index contributed by atoms with van der Waals surface area (Å²) in [5.74, 6) is 0.191. The second kappa shape index (κ2) is 11.4. The molecule has 0 atom stereocenters. The number of carbonyl (C=O) groups excluding carboxylic acids is 2. The van der Waals surface area contributed by atoms with E-state index in [0.29, 0.717) is 37.1 Å². The van der Waals surface area contributed by atoms with Gasteiger partial charge in [-0.3, -0.25) is 4.79 Å². The first-order valence-corrected chi connectivity index (χ1v) is 11.9. The average molecular weight is 551 g/mol. The summed E-state index contributed by atoms with van der Waals surface area (Å²) in [5.41, 5.74) is 2.50. The third kappa shape index (κ3) is 5.96. The summed E-state index contributed by atoms with van der Waals surface area (Å²) in [6.07, 6.45) is 3.02. The van der Waals surface area contributed by atoms with Gasteiger partial charge in [0.05, 0.1) is 25.3 Å². The number of benzene rings is 2. The molecular weight excluding hydrogens is 530 g/mol. The van der Waals surface area contributed by atoms with Crippen LogP contribution in [0.25, 0.3) is 17.2 Å². The Bertz CT molecular complexity index is 1190. The molecular formula is C24H21BrClNO5S. The lowest BCUT2D eigenvalue weighted by Gasteiger charge is -2.10. The maximum atomic E-state index is 12.7. The van der Waals surface area contributed by atoms with Gasteiger partial charge in [-0.15, -0.1) is 11.3 Å². The minimum atomic E-state index is -0.508. The molecule has 0 saturated carbocycles. The molecule has 0 bridgehead atoms. The van der Waals surface area contributed by atoms with Crippen molar-refractivity contribution in [3.8, 4) is 22.6 Å². The summed E-state index contributed by atoms with van der Waals surface area (Å²) in [7, 11) is 3.09. The molecule has 1 amide bonds. The van der Waals surface area contributed by atoms with E-state index in [-0.39, 0.29) is 6.61 Å². The number of thiophene rings is 1. The van der Waals surface area contributed by atoms with Crippen molar-refractivity contribution in [1.29, 1.82) is 0 Å². The first kappa shape index (κ1) is 24.8. The van der Waals surface area contributed by atoms with Gasteiger partial charge < -0.3 is 19.5 Å². The largest absolute Gasteiger partial charge is 0.493 e. The van der Waals surface area contributed by atoms with Crippen molar-refractivity contribution in [3.63, 3.8) is 0 Å². The van der Waals surface area contributed by atoms with Crippen LogP contribution >= 0.6 is 38.9 Å². The third-order valence-corrected chi connectivity index (χ3v) is 6.28. The fraction of sp³-hybridized carbons (Fsp3) is 0.167. The summed E-state index contributed by atoms with van der Waals surface area (Å²) < 4.78 is 16.6. The molecule has 0 spiro atoms. The summed E-state index contributed by atoms with van der Waals surface area (Å²) >= 11 is 10.7. The fourth-order valence-corrected chi connectivity index (χ4v) is 4.77. The Hall–Kier alpha value is -2.81. The second-order valence-electron chi connectivity index (χ2n) is 6.64. The first-order chi connectivity index (χ1) is 15.9. The van der Waals surface area contributed by atoms with Gasteiger partial charge in [-0.25, -0.2) is 4.79 Å². The Labute approximate surface area is 209 Å². The van der Waals surface area contributed by atoms with Crippen molar-refractivity contribution in [1.82, 2.24) is 0 Å². The fourth-order valence-electron chi connectivity index (χ4n) is 3.06. The van der Waals surface area contributed by atoms with Gasteiger partial charge in [0.1, 0.15) is 10.6 Å². The number of ether oxygens (including phenoxy) is 3. The molecule has 1 heterocycles. The molecule has 3 rings (SSSR count). The number of esters is 1. The van der Waals surface area contributed by atoms with Crippen molar-refractivity contribution < 1.29 is 23.8 Å². The number of rotatable bonds is 8. The van der Waals surface area contributed by atoms with E-state index in [2.05, 4.69) is 21.2 Å². The quantitative estimate of drug-likeness (QED) is 0.250. The Kier molecular flexibility index (Phi) is 8.55. The van der Waals surface area contributed by atoms with Crippen LogP contribution in [0.15, 0.2) is 52.3 Å². The molecule has 1 aromatic heterocycles. The van der Waals surface area contributed by atoms with Crippen LogP contribution < -0.4 is 14.8 Å². The molecule has 0 aliphatic carbocycles. The highest BCUT2D eigenvalue weighted by Crippen LogP contribution is 2.38. The van der Waals surface area contributed by atoms with Crippen molar-refractivity contribution in [3.05, 3.63) is 68.5 Å². The Morgan fingerprint density at radius 1 is 1.15 bits per heavy atom. The van der Waals surface area contributed by atoms with Gasteiger partial charge in [0, 0.05) is 22.0 Å². The summed E-state index contributed by atoms with van der Waals surface area (Å²) in [5, 5.41) is 5.59. The van der Waals surface area contributed by atoms with Crippen molar-refractivity contribution >= 4 is 61.8 Å². The van der Waals surface area contributed by atoms with Crippen molar-refractivity contribution in [2.45, 2.75) is 6.92 Å². The zero-order valence-electron chi connectivity index (χ0n) is 18.1. The molecule has 0 unspecified atom stereocenters. The number of carbonyl (C=O) groups is 2. The molecule has 0 radical (unpaired) electrons. The molecule has 9 heteroatoms. The molecule has 0 fully saturated rings. The van der Waals surface area contributed by atoms with Crippen molar-refractivity contribution in [2.24, 2.45) is 0 Å². The van der Waals surface area contributed by atoms with E-state index in [1.807, 2.05) is 12.1 Å². The van der Waals surface area contributed by atoms with E-state index in [1.54, 1.807) is 49.8 Å². The molecule has 0 aliphatic heterocycles. The normalized spacial score (nSPS) is 10.8. The number of amides is 1. The van der Waals surface area contributed by atoms with Crippen LogP contribution in [0.3, 0.4) is 0 Å². The second-order valence-corrected chi connectivity index (χ2v) is 8.81. The first-order valence-electron chi connectivity index (χ1n) is 9.83. The van der Waals surface area contributed by atoms with Crippen LogP contribution in [-0.4, -0.2) is 32.7 Å². The van der Waals surface area contributed by atoms with Crippen LogP contribution in [0.1, 0.15) is 22.8 Å². The number of hydrogen-bond acceptors (Lipinski definition) is 6. The van der Waals surface area contributed by atoms with E-state index in [0.717, 1.165) is 11.1 Å². The number of methoxy groups -OCH3 is 2. The van der Waals surface area contributed by atoms with Crippen LogP contribution in [0, 0.1) is 0 Å². The Morgan fingerprint density at radius 2 is 1.88 bits per heavy atom. The Morgan fingerprint density at radius 3 is 2.52 bits per heavy atom. The molecule has 172 valence electrons. The maximum absolute atomic E-state index is 12.7. The third-order valence-electron chi connectivity index (χ3n) is 4.55. The minimum Gasteiger partial charge on any atom is -0.493 e. The number of nitrogens with one attached hydrogen (secondary N) is 1. The molecule has 1 N–H and O–H groups in total. The highest BCUT2D eigenvalue weighted by molar-refractivity contribution is 9.10. The summed E-state index contributed by atoms with van der Waals surface area (Å²) in [6, 6.07) is 10.7. The summed E-state index contributed by atoms with van der Waals surface area (Å²) in [4.78, 5) is 25.3. The number of hydrogen-bond donors (Lipinski definition) is 1. The topological polar surface area (TPSA) is 73.9 Å². The molecule has 0 saturated heterocycles. The van der Waals surface area contributed by atoms with Gasteiger partial charge in [0.25, 0.3) is 0 Å². The van der Waals surface area contributed by atoms with Crippen molar-refractivity contribution in [2.75, 3.05) is 26.1 Å². The lowest BCUT2D eigenvalue weighted by atomic mass is 10.0. The zero-order chi connectivity index (χ0) is 24.0. The molecule has 3 aromatic rings. The van der Waals surface area contributed by atoms with Crippen LogP contribution in [0.2, 0.25) is 5.02 Å². The van der Waals surface area contributed by atoms with E-state index in [9.17, 15) is 9.59 Å². The zero-order valence-corrected chi connectivity index (χ0v) is 21.3. The Balaban J connectivity index is 1.87. The van der Waals surface area contributed by atoms with Gasteiger partial charge in [-0.05, 0) is 64.3 Å². The highest BCUT2D eigenvalue weighted by atomic mass is 79.9. The van der Waals surface area contributed by atoms with E-state index < -0.39 is 11.9 Å². The van der Waals surface area contributed by atoms with E-state index in [1.165, 1.54) is 24.5 Å². The lowest BCUT2D eigenvalue weighted by Crippen LogP contribution is -2.12. The molecule has 2 aromatic carbocycles.